The minimum atomic E-state index is 0.149. The molecule has 0 aromatic heterocycles. The second-order valence-electron chi connectivity index (χ2n) is 3.50. The van der Waals surface area contributed by atoms with Crippen LogP contribution in [0.15, 0.2) is 0 Å². The van der Waals surface area contributed by atoms with Gasteiger partial charge in [-0.15, -0.1) is 0 Å². The molecule has 0 saturated carbocycles. The van der Waals surface area contributed by atoms with Gasteiger partial charge >= 0.3 is 0 Å². The highest BCUT2D eigenvalue weighted by molar-refractivity contribution is 4.61. The first-order valence-electron chi connectivity index (χ1n) is 5.05. The Labute approximate surface area is 76.5 Å². The molecule has 0 fully saturated rings. The molecular weight excluding hydrogens is 150 g/mol. The molecule has 2 N–H and O–H groups in total. The van der Waals surface area contributed by atoms with Crippen LogP contribution >= 0.6 is 0 Å². The van der Waals surface area contributed by atoms with Gasteiger partial charge < -0.3 is 10.5 Å². The maximum atomic E-state index is 5.65. The van der Waals surface area contributed by atoms with E-state index in [9.17, 15) is 0 Å². The predicted molar refractivity (Wildman–Crippen MR) is 53.2 cm³/mol. The highest BCUT2D eigenvalue weighted by Crippen LogP contribution is 2.01. The van der Waals surface area contributed by atoms with Crippen molar-refractivity contribution in [2.45, 2.75) is 58.6 Å². The second kappa shape index (κ2) is 7.56. The van der Waals surface area contributed by atoms with Gasteiger partial charge in [-0.1, -0.05) is 26.2 Å². The van der Waals surface area contributed by atoms with Crippen LogP contribution in [-0.2, 0) is 4.74 Å². The summed E-state index contributed by atoms with van der Waals surface area (Å²) in [4.78, 5) is 0. The lowest BCUT2D eigenvalue weighted by molar-refractivity contribution is 0.0496. The molecule has 0 amide bonds. The number of hydrogen-bond donors (Lipinski definition) is 1. The van der Waals surface area contributed by atoms with Crippen LogP contribution in [0.3, 0.4) is 0 Å². The van der Waals surface area contributed by atoms with Gasteiger partial charge in [-0.25, -0.2) is 0 Å². The summed E-state index contributed by atoms with van der Waals surface area (Å²) in [5.74, 6) is 0. The van der Waals surface area contributed by atoms with Crippen LogP contribution in [0.5, 0.6) is 0 Å². The fourth-order valence-corrected chi connectivity index (χ4v) is 0.950. The quantitative estimate of drug-likeness (QED) is 0.600. The van der Waals surface area contributed by atoms with Gasteiger partial charge in [-0.2, -0.15) is 0 Å². The largest absolute Gasteiger partial charge is 0.377 e. The van der Waals surface area contributed by atoms with E-state index in [2.05, 4.69) is 6.92 Å². The van der Waals surface area contributed by atoms with Gasteiger partial charge in [0.15, 0.2) is 0 Å². The first-order valence-corrected chi connectivity index (χ1v) is 5.05. The lowest BCUT2D eigenvalue weighted by atomic mass is 10.2. The molecule has 0 aliphatic heterocycles. The molecule has 0 aliphatic rings. The minimum absolute atomic E-state index is 0.149. The molecule has 2 heteroatoms. The van der Waals surface area contributed by atoms with Gasteiger partial charge in [0, 0.05) is 12.6 Å². The van der Waals surface area contributed by atoms with E-state index < -0.39 is 0 Å². The topological polar surface area (TPSA) is 35.2 Å². The molecule has 0 spiro atoms. The summed E-state index contributed by atoms with van der Waals surface area (Å²) < 4.78 is 5.52. The summed E-state index contributed by atoms with van der Waals surface area (Å²) in [7, 11) is 0. The maximum Gasteiger partial charge on any atom is 0.0695 e. The van der Waals surface area contributed by atoms with Crippen molar-refractivity contribution in [1.29, 1.82) is 0 Å². The first-order chi connectivity index (χ1) is 5.68. The molecule has 0 aromatic carbocycles. The Bertz CT molecular complexity index is 93.8. The molecule has 0 aliphatic carbocycles. The molecule has 0 bridgehead atoms. The Morgan fingerprint density at radius 2 is 1.83 bits per heavy atom. The van der Waals surface area contributed by atoms with Crippen LogP contribution in [0.25, 0.3) is 0 Å². The highest BCUT2D eigenvalue weighted by atomic mass is 16.5. The van der Waals surface area contributed by atoms with E-state index in [0.717, 1.165) is 6.61 Å². The SMILES string of the molecule is CCCCCCOC(C)C(C)N. The molecule has 74 valence electrons. The average Bonchev–Trinajstić information content (AvgIpc) is 2.03. The Balaban J connectivity index is 3.08. The molecule has 0 saturated heterocycles. The van der Waals surface area contributed by atoms with Crippen molar-refractivity contribution in [2.75, 3.05) is 6.61 Å². The van der Waals surface area contributed by atoms with Crippen LogP contribution in [-0.4, -0.2) is 18.8 Å². The lowest BCUT2D eigenvalue weighted by Crippen LogP contribution is -2.31. The van der Waals surface area contributed by atoms with Crippen LogP contribution in [0, 0.1) is 0 Å². The van der Waals surface area contributed by atoms with Crippen molar-refractivity contribution >= 4 is 0 Å². The number of unbranched alkanes of at least 4 members (excludes halogenated alkanes) is 3. The van der Waals surface area contributed by atoms with E-state index in [1.165, 1.54) is 25.7 Å². The van der Waals surface area contributed by atoms with E-state index in [0.29, 0.717) is 0 Å². The third-order valence-corrected chi connectivity index (χ3v) is 2.12. The normalized spacial score (nSPS) is 16.0. The van der Waals surface area contributed by atoms with Crippen molar-refractivity contribution < 1.29 is 4.74 Å². The predicted octanol–water partition coefficient (Wildman–Crippen LogP) is 2.32. The fraction of sp³-hybridized carbons (Fsp3) is 1.00. The van der Waals surface area contributed by atoms with Gasteiger partial charge in [0.1, 0.15) is 0 Å². The van der Waals surface area contributed by atoms with Crippen molar-refractivity contribution in [3.8, 4) is 0 Å². The van der Waals surface area contributed by atoms with Gasteiger partial charge in [-0.05, 0) is 20.3 Å². The third kappa shape index (κ3) is 6.62. The van der Waals surface area contributed by atoms with Crippen molar-refractivity contribution in [2.24, 2.45) is 5.73 Å². The first kappa shape index (κ1) is 11.9. The monoisotopic (exact) mass is 173 g/mol. The molecule has 12 heavy (non-hydrogen) atoms. The second-order valence-corrected chi connectivity index (χ2v) is 3.50. The number of hydrogen-bond acceptors (Lipinski definition) is 2. The summed E-state index contributed by atoms with van der Waals surface area (Å²) in [5.41, 5.74) is 5.65. The summed E-state index contributed by atoms with van der Waals surface area (Å²) in [6.07, 6.45) is 5.25. The Hall–Kier alpha value is -0.0800. The number of rotatable bonds is 7. The van der Waals surface area contributed by atoms with E-state index in [4.69, 9.17) is 10.5 Å². The molecule has 0 rings (SSSR count). The summed E-state index contributed by atoms with van der Waals surface area (Å²) in [6, 6.07) is 0.149. The van der Waals surface area contributed by atoms with E-state index in [1.807, 2.05) is 13.8 Å². The molecule has 0 heterocycles. The van der Waals surface area contributed by atoms with Gasteiger partial charge in [0.25, 0.3) is 0 Å². The standard InChI is InChI=1S/C10H23NO/c1-4-5-6-7-8-12-10(3)9(2)11/h9-10H,4-8,11H2,1-3H3. The minimum Gasteiger partial charge on any atom is -0.377 e. The third-order valence-electron chi connectivity index (χ3n) is 2.12. The summed E-state index contributed by atoms with van der Waals surface area (Å²) in [5, 5.41) is 0. The van der Waals surface area contributed by atoms with E-state index in [1.54, 1.807) is 0 Å². The van der Waals surface area contributed by atoms with Gasteiger partial charge in [-0.3, -0.25) is 0 Å². The fourth-order valence-electron chi connectivity index (χ4n) is 0.950. The Morgan fingerprint density at radius 1 is 1.17 bits per heavy atom. The van der Waals surface area contributed by atoms with Crippen LogP contribution in [0.4, 0.5) is 0 Å². The Morgan fingerprint density at radius 3 is 2.33 bits per heavy atom. The van der Waals surface area contributed by atoms with Crippen LogP contribution < -0.4 is 5.73 Å². The lowest BCUT2D eigenvalue weighted by Gasteiger charge is -2.16. The van der Waals surface area contributed by atoms with Crippen molar-refractivity contribution in [3.05, 3.63) is 0 Å². The van der Waals surface area contributed by atoms with Gasteiger partial charge in [0.05, 0.1) is 6.10 Å². The van der Waals surface area contributed by atoms with Crippen LogP contribution in [0.2, 0.25) is 0 Å². The Kier molecular flexibility index (Phi) is 7.51. The molecule has 0 aromatic rings. The summed E-state index contributed by atoms with van der Waals surface area (Å²) >= 11 is 0. The zero-order valence-electron chi connectivity index (χ0n) is 8.68. The molecule has 2 atom stereocenters. The molecular formula is C10H23NO. The number of nitrogens with two attached hydrogens (primary N) is 1. The van der Waals surface area contributed by atoms with Crippen LogP contribution in [0.1, 0.15) is 46.5 Å². The van der Waals surface area contributed by atoms with Crippen molar-refractivity contribution in [3.63, 3.8) is 0 Å². The maximum absolute atomic E-state index is 5.65. The average molecular weight is 173 g/mol. The zero-order valence-corrected chi connectivity index (χ0v) is 8.68. The molecule has 2 unspecified atom stereocenters. The van der Waals surface area contributed by atoms with E-state index in [-0.39, 0.29) is 12.1 Å². The summed E-state index contributed by atoms with van der Waals surface area (Å²) in [6.45, 7) is 7.09. The molecule has 0 radical (unpaired) electrons. The van der Waals surface area contributed by atoms with Crippen molar-refractivity contribution in [1.82, 2.24) is 0 Å². The highest BCUT2D eigenvalue weighted by Gasteiger charge is 2.05. The molecule has 2 nitrogen and oxygen atoms in total. The number of ether oxygens (including phenoxy) is 1. The van der Waals surface area contributed by atoms with E-state index >= 15 is 0 Å². The smallest absolute Gasteiger partial charge is 0.0695 e. The van der Waals surface area contributed by atoms with Gasteiger partial charge in [0.2, 0.25) is 0 Å². The zero-order chi connectivity index (χ0) is 9.40.